The number of aliphatic carboxylic acids is 2. The molecule has 0 unspecified atom stereocenters. The quantitative estimate of drug-likeness (QED) is 0.00445. The van der Waals surface area contributed by atoms with Gasteiger partial charge >= 0.3 is 17.9 Å². The number of thiol groups is 1. The number of benzene rings is 4. The van der Waals surface area contributed by atoms with Gasteiger partial charge in [-0.15, -0.1) is 5.06 Å². The average molecular weight is 2040 g/mol. The molecule has 0 spiro atoms. The summed E-state index contributed by atoms with van der Waals surface area (Å²) in [5.41, 5.74) is 4.51. The van der Waals surface area contributed by atoms with Crippen molar-refractivity contribution in [1.82, 2.24) is 64.4 Å². The highest BCUT2D eigenvalue weighted by Gasteiger charge is 2.33. The molecular formula is C93H97N13O22S9. The fourth-order valence-electron chi connectivity index (χ4n) is 13.4. The van der Waals surface area contributed by atoms with Crippen LogP contribution in [0.1, 0.15) is 99.3 Å². The number of hydrogen-bond acceptors (Lipinski definition) is 37. The third-order valence-electron chi connectivity index (χ3n) is 20.2. The van der Waals surface area contributed by atoms with Crippen molar-refractivity contribution in [3.8, 4) is 23.0 Å². The third kappa shape index (κ3) is 30.8. The Kier molecular flexibility index (Phi) is 42.8. The van der Waals surface area contributed by atoms with Gasteiger partial charge in [-0.3, -0.25) is 58.3 Å². The van der Waals surface area contributed by atoms with Crippen molar-refractivity contribution in [1.29, 1.82) is 0 Å². The molecule has 5 amide bonds. The van der Waals surface area contributed by atoms with Crippen LogP contribution in [0.25, 0.3) is 65.2 Å². The van der Waals surface area contributed by atoms with Gasteiger partial charge in [0, 0.05) is 190 Å². The molecule has 2 saturated heterocycles. The maximum Gasteiger partial charge on any atom is 0.333 e. The fraction of sp³-hybridized carbons (Fsp3) is 0.301. The van der Waals surface area contributed by atoms with Gasteiger partial charge in [0.1, 0.15) is 25.1 Å². The number of nitrogens with zero attached hydrogens (tertiary/aromatic N) is 12. The second-order valence-electron chi connectivity index (χ2n) is 29.6. The number of likely N-dealkylation sites (N-methyl/N-ethyl adjacent to an activating group) is 2. The second-order valence-corrected chi connectivity index (χ2v) is 39.5. The standard InChI is InChI=1S/C31H30N4O6S2.C22H21N3O5.C13H14N2O4S2.C10H8N2S2.C9H11NO2S2.C4H5NO3.C4H8O2S/c1-34(29(38)6-4-10-42-43-28-5-2-3-7-32-28)8-9-35-30-23-13-26-27(41-18-40-26)14-25(23)33-15-24(30)21-11-19(16-36)20(17-37)12-22(21)31(35)39;1-23-2-3-25-21-16-6-19-20(30-11-29-19)7-18(16)24-8-17(21)14-4-12(9-26)13(10-27)5-15(14)22(25)28;16-11-6-7-12(17)15(11)19-13(18)5-3-9-20-21-10-4-1-2-8-14-10;1-3-7-11-9(5-1)13-14-10-6-2-4-8-12-10;11-9(12)5-3-7-13-14-8-4-1-2-6-10-8;6-3-1-2-4(7)5(3)8;5-4(6)2-1-3-7/h2-3,5,7,11-15,36-37H,4,6,8-10,16-18H2,1H3;4-8,23,26-27H,2-3,9-11H2,1H3;1-2,4,8H,3,5-7,9H2;1-8H;1-2,4,6H,3,5,7H2,(H,11,12);8H,1-2H2;7H,1-3H2,(H,5,6). The van der Waals surface area contributed by atoms with Crippen molar-refractivity contribution in [2.45, 2.75) is 142 Å². The number of hydrogen-bond donors (Lipinski definition) is 9. The Morgan fingerprint density at radius 1 is 0.438 bits per heavy atom. The van der Waals surface area contributed by atoms with Gasteiger partial charge in [0.05, 0.1) is 48.5 Å². The van der Waals surface area contributed by atoms with Gasteiger partial charge in [0.25, 0.3) is 34.7 Å². The number of carboxylic acid groups (broad SMARTS) is 2. The van der Waals surface area contributed by atoms with E-state index in [1.807, 2.05) is 116 Å². The minimum Gasteiger partial charge on any atom is -0.481 e. The normalized spacial score (nSPS) is 12.7. The molecule has 17 rings (SSSR count). The van der Waals surface area contributed by atoms with Crippen LogP contribution in [0.15, 0.2) is 218 Å². The first-order valence-corrected chi connectivity index (χ1v) is 52.4. The van der Waals surface area contributed by atoms with Crippen molar-refractivity contribution >= 4 is 212 Å². The zero-order valence-electron chi connectivity index (χ0n) is 74.0. The summed E-state index contributed by atoms with van der Waals surface area (Å²) in [6.07, 6.45) is 16.6. The van der Waals surface area contributed by atoms with Crippen molar-refractivity contribution in [3.05, 3.63) is 226 Å². The molecule has 720 valence electrons. The van der Waals surface area contributed by atoms with E-state index >= 15 is 0 Å². The number of aliphatic hydroxyl groups excluding tert-OH is 4. The number of aliphatic hydroxyl groups is 4. The Morgan fingerprint density at radius 2 is 0.796 bits per heavy atom. The van der Waals surface area contributed by atoms with Gasteiger partial charge in [-0.05, 0) is 223 Å². The molecule has 8 N–H and O–H groups in total. The van der Waals surface area contributed by atoms with E-state index in [0.717, 1.165) is 70.5 Å². The lowest BCUT2D eigenvalue weighted by Gasteiger charge is -2.21. The Morgan fingerprint density at radius 3 is 1.15 bits per heavy atom. The lowest BCUT2D eigenvalue weighted by atomic mass is 9.98. The number of imide groups is 2. The predicted molar refractivity (Wildman–Crippen MR) is 533 cm³/mol. The summed E-state index contributed by atoms with van der Waals surface area (Å²) in [7, 11) is 16.4. The Hall–Kier alpha value is -11.3. The monoisotopic (exact) mass is 2040 g/mol. The molecule has 0 atom stereocenters. The molecule has 0 bridgehead atoms. The number of ether oxygens (including phenoxy) is 4. The van der Waals surface area contributed by atoms with Crippen LogP contribution in [0, 0.1) is 0 Å². The summed E-state index contributed by atoms with van der Waals surface area (Å²) in [4.78, 5) is 152. The number of carbonyl (C=O) groups excluding carboxylic acids is 6. The minimum absolute atomic E-state index is 0.00614. The maximum atomic E-state index is 14.1. The van der Waals surface area contributed by atoms with Crippen LogP contribution in [0.5, 0.6) is 23.0 Å². The van der Waals surface area contributed by atoms with Crippen LogP contribution >= 0.6 is 99.0 Å². The summed E-state index contributed by atoms with van der Waals surface area (Å²) in [5, 5.41) is 78.0. The predicted octanol–water partition coefficient (Wildman–Crippen LogP) is 14.6. The average Bonchev–Trinajstić information content (AvgIpc) is 1.40. The number of fused-ring (bicyclic) bond motifs is 12. The number of carbonyl (C=O) groups is 8. The van der Waals surface area contributed by atoms with Crippen molar-refractivity contribution in [2.75, 3.05) is 63.8 Å². The molecule has 44 heteroatoms. The molecule has 2 fully saturated rings. The molecule has 13 aromatic rings. The molecule has 9 aromatic heterocycles. The second kappa shape index (κ2) is 55.3. The topological polar surface area (TPSA) is 480 Å². The van der Waals surface area contributed by atoms with E-state index in [-0.39, 0.29) is 114 Å². The van der Waals surface area contributed by atoms with E-state index in [2.05, 4.69) is 52.8 Å². The first-order chi connectivity index (χ1) is 66.5. The molecule has 0 saturated carbocycles. The van der Waals surface area contributed by atoms with Crippen LogP contribution in [0.3, 0.4) is 0 Å². The van der Waals surface area contributed by atoms with E-state index in [9.17, 15) is 68.4 Å². The van der Waals surface area contributed by atoms with Gasteiger partial charge in [0.2, 0.25) is 19.5 Å². The highest BCUT2D eigenvalue weighted by molar-refractivity contribution is 8.77. The molecule has 0 aliphatic carbocycles. The van der Waals surface area contributed by atoms with Gasteiger partial charge in [-0.1, -0.05) is 62.7 Å². The first kappa shape index (κ1) is 106. The Labute approximate surface area is 822 Å². The van der Waals surface area contributed by atoms with E-state index in [4.69, 9.17) is 39.2 Å². The first-order valence-electron chi connectivity index (χ1n) is 42.7. The number of aromatic nitrogens is 9. The molecule has 13 heterocycles. The Balaban J connectivity index is 0.000000167. The summed E-state index contributed by atoms with van der Waals surface area (Å²) >= 11 is 3.83. The Bertz CT molecular complexity index is 6390. The van der Waals surface area contributed by atoms with Gasteiger partial charge in [-0.2, -0.15) is 17.7 Å². The molecule has 35 nitrogen and oxygen atoms in total. The number of rotatable bonds is 35. The van der Waals surface area contributed by atoms with E-state index in [1.165, 1.54) is 0 Å². The fourth-order valence-corrected chi connectivity index (χ4v) is 21.2. The number of hydroxylamine groups is 4. The molecule has 137 heavy (non-hydrogen) atoms. The summed E-state index contributed by atoms with van der Waals surface area (Å²) in [6.45, 7) is 0.852. The number of nitrogens with one attached hydrogen (secondary N) is 1. The summed E-state index contributed by atoms with van der Waals surface area (Å²) in [6, 6.07) is 43.1. The summed E-state index contributed by atoms with van der Waals surface area (Å²) < 4.78 is 25.6. The van der Waals surface area contributed by atoms with Crippen LogP contribution in [-0.4, -0.2) is 206 Å². The maximum absolute atomic E-state index is 14.1. The lowest BCUT2D eigenvalue weighted by Crippen LogP contribution is -2.33. The van der Waals surface area contributed by atoms with Crippen LogP contribution in [0.4, 0.5) is 0 Å². The molecule has 0 radical (unpaired) electrons. The van der Waals surface area contributed by atoms with E-state index in [1.54, 1.807) is 181 Å². The van der Waals surface area contributed by atoms with Crippen molar-refractivity contribution < 1.29 is 98.0 Å². The smallest absolute Gasteiger partial charge is 0.333 e. The van der Waals surface area contributed by atoms with Gasteiger partial charge < -0.3 is 73.8 Å². The lowest BCUT2D eigenvalue weighted by molar-refractivity contribution is -0.197. The molecule has 4 aliphatic rings. The van der Waals surface area contributed by atoms with Crippen molar-refractivity contribution in [3.63, 3.8) is 0 Å². The number of amides is 5. The largest absolute Gasteiger partial charge is 0.481 e. The SMILES string of the molecule is CN(CCn1c(=O)c2cc(CO)c(CO)cc2c2cnc3cc4c(cc3c21)OCO4)C(=O)CCCSSc1ccccn1.CNCCn1c(=O)c2cc(CO)c(CO)cc2c2cnc3cc4c(cc3c21)OCO4.O=C(CCCSSc1ccccn1)ON1C(=O)CCC1=O.O=C(O)CCCS.O=C(O)CCCSSc1ccccn1.O=C1CCC(=O)N1O.c1ccc(SSc2ccccn2)nc1. The third-order valence-corrected chi connectivity index (χ3v) is 29.8. The van der Waals surface area contributed by atoms with Gasteiger partial charge in [-0.25, -0.2) is 29.7 Å². The van der Waals surface area contributed by atoms with Crippen LogP contribution in [0.2, 0.25) is 0 Å². The molecule has 4 aliphatic heterocycles. The summed E-state index contributed by atoms with van der Waals surface area (Å²) in [5.74, 6) is 1.55. The number of carboxylic acids is 2. The van der Waals surface area contributed by atoms with E-state index < -0.39 is 41.5 Å². The molecule has 4 aromatic carbocycles. The highest BCUT2D eigenvalue weighted by atomic mass is 33.1. The molecular weight excluding hydrogens is 1940 g/mol. The van der Waals surface area contributed by atoms with Crippen LogP contribution < -0.4 is 35.4 Å². The minimum atomic E-state index is -0.742. The van der Waals surface area contributed by atoms with E-state index in [0.29, 0.717) is 145 Å². The highest BCUT2D eigenvalue weighted by Crippen LogP contribution is 2.43. The number of pyridine rings is 9. The van der Waals surface area contributed by atoms with Crippen molar-refractivity contribution in [2.24, 2.45) is 0 Å². The van der Waals surface area contributed by atoms with Crippen LogP contribution in [-0.2, 0) is 82.7 Å². The van der Waals surface area contributed by atoms with Gasteiger partial charge in [0.15, 0.2) is 23.0 Å². The zero-order valence-corrected chi connectivity index (χ0v) is 81.5. The zero-order chi connectivity index (χ0) is 97.5.